The van der Waals surface area contributed by atoms with Crippen molar-refractivity contribution in [2.75, 3.05) is 18.9 Å². The van der Waals surface area contributed by atoms with Crippen LogP contribution in [-0.4, -0.2) is 33.2 Å². The number of hydrogen-bond donors (Lipinski definition) is 2. The van der Waals surface area contributed by atoms with Gasteiger partial charge < -0.3 is 10.6 Å². The fourth-order valence-corrected chi connectivity index (χ4v) is 2.94. The molecular weight excluding hydrogens is 312 g/mol. The van der Waals surface area contributed by atoms with E-state index in [1.807, 2.05) is 20.2 Å². The molecule has 0 fully saturated rings. The Bertz CT molecular complexity index is 796. The van der Waals surface area contributed by atoms with Crippen LogP contribution in [0.15, 0.2) is 36.5 Å². The predicted octanol–water partition coefficient (Wildman–Crippen LogP) is 2.98. The van der Waals surface area contributed by atoms with Gasteiger partial charge in [-0.2, -0.15) is 14.6 Å². The lowest BCUT2D eigenvalue weighted by molar-refractivity contribution is 0.603. The summed E-state index contributed by atoms with van der Waals surface area (Å²) in [5, 5.41) is 11.0. The molecule has 132 valence electrons. The van der Waals surface area contributed by atoms with E-state index in [1.165, 1.54) is 24.0 Å². The van der Waals surface area contributed by atoms with Crippen LogP contribution in [0.5, 0.6) is 0 Å². The van der Waals surface area contributed by atoms with E-state index in [9.17, 15) is 0 Å². The number of aromatic nitrogens is 4. The van der Waals surface area contributed by atoms with Gasteiger partial charge in [0, 0.05) is 19.2 Å². The van der Waals surface area contributed by atoms with Crippen LogP contribution >= 0.6 is 0 Å². The number of nitrogens with zero attached hydrogens (tertiary/aromatic N) is 4. The van der Waals surface area contributed by atoms with Gasteiger partial charge in [0.15, 0.2) is 5.65 Å². The first-order valence-corrected chi connectivity index (χ1v) is 8.91. The second kappa shape index (κ2) is 8.58. The number of benzene rings is 1. The minimum absolute atomic E-state index is 0.735. The highest BCUT2D eigenvalue weighted by atomic mass is 15.3. The largest absolute Gasteiger partial charge is 0.357 e. The maximum Gasteiger partial charge on any atom is 0.227 e. The molecule has 2 aromatic heterocycles. The van der Waals surface area contributed by atoms with Gasteiger partial charge in [0.2, 0.25) is 5.95 Å². The molecule has 0 amide bonds. The molecule has 25 heavy (non-hydrogen) atoms. The van der Waals surface area contributed by atoms with Crippen LogP contribution in [0.2, 0.25) is 0 Å². The van der Waals surface area contributed by atoms with Crippen molar-refractivity contribution in [1.29, 1.82) is 0 Å². The molecule has 0 radical (unpaired) electrons. The van der Waals surface area contributed by atoms with Crippen molar-refractivity contribution in [3.05, 3.63) is 53.5 Å². The van der Waals surface area contributed by atoms with Gasteiger partial charge in [-0.25, -0.2) is 4.98 Å². The molecule has 3 rings (SSSR count). The molecule has 0 saturated heterocycles. The lowest BCUT2D eigenvalue weighted by Crippen LogP contribution is -2.14. The van der Waals surface area contributed by atoms with E-state index < -0.39 is 0 Å². The van der Waals surface area contributed by atoms with Crippen molar-refractivity contribution in [3.8, 4) is 0 Å². The smallest absolute Gasteiger partial charge is 0.227 e. The van der Waals surface area contributed by atoms with E-state index >= 15 is 0 Å². The summed E-state index contributed by atoms with van der Waals surface area (Å²) >= 11 is 0. The van der Waals surface area contributed by atoms with E-state index in [1.54, 1.807) is 4.52 Å². The molecule has 0 atom stereocenters. The zero-order valence-electron chi connectivity index (χ0n) is 15.0. The topological polar surface area (TPSA) is 67.1 Å². The Balaban J connectivity index is 1.42. The standard InChI is InChI=1S/C19H26N6/c1-15-23-18-17(14-22-25(18)19(20-2)24-15)11-7-4-8-12-21-13-16-9-5-3-6-10-16/h3,5-6,9-10,14,21H,4,7-8,11-13H2,1-2H3,(H,20,23,24). The van der Waals surface area contributed by atoms with Gasteiger partial charge in [0.25, 0.3) is 0 Å². The van der Waals surface area contributed by atoms with Crippen molar-refractivity contribution in [2.24, 2.45) is 0 Å². The predicted molar refractivity (Wildman–Crippen MR) is 101 cm³/mol. The molecule has 6 heteroatoms. The summed E-state index contributed by atoms with van der Waals surface area (Å²) in [5.41, 5.74) is 3.45. The normalized spacial score (nSPS) is 11.1. The SMILES string of the molecule is CNc1nc(C)nc2c(CCCCCNCc3ccccc3)cnn12. The van der Waals surface area contributed by atoms with Crippen LogP contribution in [-0.2, 0) is 13.0 Å². The summed E-state index contributed by atoms with van der Waals surface area (Å²) in [7, 11) is 1.85. The van der Waals surface area contributed by atoms with Gasteiger partial charge in [0.1, 0.15) is 5.82 Å². The van der Waals surface area contributed by atoms with Gasteiger partial charge >= 0.3 is 0 Å². The maximum absolute atomic E-state index is 4.54. The van der Waals surface area contributed by atoms with Crippen molar-refractivity contribution < 1.29 is 0 Å². The number of fused-ring (bicyclic) bond motifs is 1. The number of unbranched alkanes of at least 4 members (excludes halogenated alkanes) is 2. The molecule has 2 heterocycles. The van der Waals surface area contributed by atoms with Crippen molar-refractivity contribution >= 4 is 11.6 Å². The number of nitrogens with one attached hydrogen (secondary N) is 2. The first-order chi connectivity index (χ1) is 12.3. The molecule has 0 unspecified atom stereocenters. The van der Waals surface area contributed by atoms with Crippen LogP contribution in [0.25, 0.3) is 5.65 Å². The average molecular weight is 338 g/mol. The lowest BCUT2D eigenvalue weighted by Gasteiger charge is -2.06. The van der Waals surface area contributed by atoms with Crippen molar-refractivity contribution in [3.63, 3.8) is 0 Å². The highest BCUT2D eigenvalue weighted by Gasteiger charge is 2.10. The summed E-state index contributed by atoms with van der Waals surface area (Å²) < 4.78 is 1.78. The van der Waals surface area contributed by atoms with Gasteiger partial charge in [-0.3, -0.25) is 0 Å². The van der Waals surface area contributed by atoms with E-state index in [0.717, 1.165) is 43.4 Å². The molecule has 2 N–H and O–H groups in total. The second-order valence-electron chi connectivity index (χ2n) is 6.22. The first kappa shape index (κ1) is 17.4. The van der Waals surface area contributed by atoms with Gasteiger partial charge in [-0.15, -0.1) is 0 Å². The molecule has 6 nitrogen and oxygen atoms in total. The molecule has 0 spiro atoms. The van der Waals surface area contributed by atoms with Crippen molar-refractivity contribution in [2.45, 2.75) is 39.2 Å². The summed E-state index contributed by atoms with van der Waals surface area (Å²) in [6.45, 7) is 3.91. The van der Waals surface area contributed by atoms with Gasteiger partial charge in [-0.05, 0) is 38.3 Å². The first-order valence-electron chi connectivity index (χ1n) is 8.91. The fourth-order valence-electron chi connectivity index (χ4n) is 2.94. The molecular formula is C19H26N6. The molecule has 0 bridgehead atoms. The third-order valence-electron chi connectivity index (χ3n) is 4.25. The van der Waals surface area contributed by atoms with Crippen LogP contribution in [0.4, 0.5) is 5.95 Å². The summed E-state index contributed by atoms with van der Waals surface area (Å²) in [6, 6.07) is 10.5. The number of hydrogen-bond acceptors (Lipinski definition) is 5. The Hall–Kier alpha value is -2.47. The minimum atomic E-state index is 0.735. The zero-order chi connectivity index (χ0) is 17.5. The van der Waals surface area contributed by atoms with E-state index in [0.29, 0.717) is 0 Å². The van der Waals surface area contributed by atoms with Crippen molar-refractivity contribution in [1.82, 2.24) is 24.9 Å². The third kappa shape index (κ3) is 4.54. The van der Waals surface area contributed by atoms with Crippen LogP contribution in [0.3, 0.4) is 0 Å². The Morgan fingerprint density at radius 1 is 1.04 bits per heavy atom. The van der Waals surface area contributed by atoms with Gasteiger partial charge in [0.05, 0.1) is 6.20 Å². The zero-order valence-corrected chi connectivity index (χ0v) is 15.0. The van der Waals surface area contributed by atoms with Crippen LogP contribution in [0.1, 0.15) is 36.2 Å². The summed E-state index contributed by atoms with van der Waals surface area (Å²) in [6.07, 6.45) is 6.44. The Morgan fingerprint density at radius 2 is 1.88 bits per heavy atom. The second-order valence-corrected chi connectivity index (χ2v) is 6.22. The maximum atomic E-state index is 4.54. The molecule has 0 aliphatic heterocycles. The molecule has 1 aromatic carbocycles. The van der Waals surface area contributed by atoms with Gasteiger partial charge in [-0.1, -0.05) is 36.8 Å². The highest BCUT2D eigenvalue weighted by Crippen LogP contribution is 2.15. The molecule has 0 saturated carbocycles. The number of rotatable bonds is 9. The number of anilines is 1. The highest BCUT2D eigenvalue weighted by molar-refractivity contribution is 5.50. The summed E-state index contributed by atoms with van der Waals surface area (Å²) in [4.78, 5) is 8.90. The Labute approximate surface area is 148 Å². The quantitative estimate of drug-likeness (QED) is 0.587. The minimum Gasteiger partial charge on any atom is -0.357 e. The summed E-state index contributed by atoms with van der Waals surface area (Å²) in [5.74, 6) is 1.50. The number of aryl methyl sites for hydroxylation is 2. The van der Waals surface area contributed by atoms with Crippen LogP contribution < -0.4 is 10.6 Å². The van der Waals surface area contributed by atoms with E-state index in [2.05, 4.69) is 56.0 Å². The molecule has 3 aromatic rings. The van der Waals surface area contributed by atoms with E-state index in [4.69, 9.17) is 0 Å². The third-order valence-corrected chi connectivity index (χ3v) is 4.25. The average Bonchev–Trinajstić information content (AvgIpc) is 3.04. The fraction of sp³-hybridized carbons (Fsp3) is 0.421. The molecule has 0 aliphatic rings. The van der Waals surface area contributed by atoms with Crippen LogP contribution in [0, 0.1) is 6.92 Å². The Morgan fingerprint density at radius 3 is 2.68 bits per heavy atom. The lowest BCUT2D eigenvalue weighted by atomic mass is 10.1. The van der Waals surface area contributed by atoms with E-state index in [-0.39, 0.29) is 0 Å². The molecule has 0 aliphatic carbocycles. The Kier molecular flexibility index (Phi) is 5.95. The monoisotopic (exact) mass is 338 g/mol.